The number of hydrogen-bond donors (Lipinski definition) is 1. The lowest BCUT2D eigenvalue weighted by Gasteiger charge is -2.00. The van der Waals surface area contributed by atoms with Gasteiger partial charge in [-0.1, -0.05) is 18.2 Å². The summed E-state index contributed by atoms with van der Waals surface area (Å²) in [5.74, 6) is 0. The Morgan fingerprint density at radius 1 is 1.12 bits per heavy atom. The third kappa shape index (κ3) is 2.07. The van der Waals surface area contributed by atoms with Gasteiger partial charge in [-0.15, -0.1) is 22.7 Å². The van der Waals surface area contributed by atoms with Crippen molar-refractivity contribution in [2.24, 2.45) is 0 Å². The van der Waals surface area contributed by atoms with Crippen molar-refractivity contribution in [3.05, 3.63) is 41.2 Å². The molecule has 0 saturated heterocycles. The first-order valence-electron chi connectivity index (χ1n) is 5.04. The summed E-state index contributed by atoms with van der Waals surface area (Å²) in [6, 6.07) is 8.19. The maximum atomic E-state index is 5.65. The first-order valence-corrected chi connectivity index (χ1v) is 6.80. The highest BCUT2D eigenvalue weighted by Gasteiger charge is 2.05. The van der Waals surface area contributed by atoms with E-state index in [-0.39, 0.29) is 0 Å². The maximum absolute atomic E-state index is 5.65. The van der Waals surface area contributed by atoms with Gasteiger partial charge >= 0.3 is 0 Å². The van der Waals surface area contributed by atoms with Crippen molar-refractivity contribution in [3.63, 3.8) is 0 Å². The average Bonchev–Trinajstić information content (AvgIpc) is 3.00. The lowest BCUT2D eigenvalue weighted by molar-refractivity contribution is 1.39. The van der Waals surface area contributed by atoms with Crippen molar-refractivity contribution in [3.8, 4) is 21.8 Å². The molecule has 0 radical (unpaired) electrons. The van der Waals surface area contributed by atoms with Crippen molar-refractivity contribution in [1.29, 1.82) is 0 Å². The molecule has 1 aromatic carbocycles. The van der Waals surface area contributed by atoms with E-state index in [0.29, 0.717) is 5.13 Å². The van der Waals surface area contributed by atoms with E-state index in [1.54, 1.807) is 11.3 Å². The van der Waals surface area contributed by atoms with E-state index in [1.165, 1.54) is 11.3 Å². The zero-order valence-corrected chi connectivity index (χ0v) is 10.5. The van der Waals surface area contributed by atoms with Gasteiger partial charge in [0.2, 0.25) is 0 Å². The topological polar surface area (TPSA) is 51.8 Å². The van der Waals surface area contributed by atoms with Gasteiger partial charge in [0.15, 0.2) is 5.13 Å². The molecule has 0 aliphatic heterocycles. The molecule has 84 valence electrons. The summed E-state index contributed by atoms with van der Waals surface area (Å²) in [5.41, 5.74) is 8.76. The van der Waals surface area contributed by atoms with Gasteiger partial charge in [-0.3, -0.25) is 0 Å². The van der Waals surface area contributed by atoms with Crippen LogP contribution in [0.4, 0.5) is 5.13 Å². The van der Waals surface area contributed by atoms with Crippen LogP contribution in [0, 0.1) is 0 Å². The summed E-state index contributed by atoms with van der Waals surface area (Å²) in [6.45, 7) is 0. The van der Waals surface area contributed by atoms with E-state index < -0.39 is 0 Å². The second kappa shape index (κ2) is 4.27. The predicted molar refractivity (Wildman–Crippen MR) is 73.1 cm³/mol. The van der Waals surface area contributed by atoms with E-state index in [1.807, 2.05) is 29.1 Å². The molecule has 0 amide bonds. The van der Waals surface area contributed by atoms with Crippen molar-refractivity contribution in [2.45, 2.75) is 0 Å². The Kier molecular flexibility index (Phi) is 2.62. The molecule has 2 N–H and O–H groups in total. The standard InChI is InChI=1S/C12H9N3S2/c13-12-15-10(7-17-12)8-2-1-3-9(6-8)11-14-4-5-16-11/h1-7H,(H2,13,15). The Bertz CT molecular complexity index is 629. The lowest BCUT2D eigenvalue weighted by atomic mass is 10.1. The molecule has 0 aliphatic rings. The van der Waals surface area contributed by atoms with Crippen LogP contribution in [0.1, 0.15) is 0 Å². The first kappa shape index (κ1) is 10.4. The number of aromatic nitrogens is 2. The molecule has 0 fully saturated rings. The Labute approximate surface area is 107 Å². The molecule has 0 unspecified atom stereocenters. The van der Waals surface area contributed by atoms with Gasteiger partial charge in [0.05, 0.1) is 5.69 Å². The Balaban J connectivity index is 2.05. The van der Waals surface area contributed by atoms with Gasteiger partial charge in [0, 0.05) is 28.1 Å². The highest BCUT2D eigenvalue weighted by atomic mass is 32.1. The van der Waals surface area contributed by atoms with E-state index in [9.17, 15) is 0 Å². The minimum Gasteiger partial charge on any atom is -0.375 e. The number of nitrogens with two attached hydrogens (primary N) is 1. The zero-order chi connectivity index (χ0) is 11.7. The molecule has 0 bridgehead atoms. The van der Waals surface area contributed by atoms with Crippen LogP contribution in [0.25, 0.3) is 21.8 Å². The summed E-state index contributed by atoms with van der Waals surface area (Å²) in [7, 11) is 0. The Morgan fingerprint density at radius 2 is 2.00 bits per heavy atom. The summed E-state index contributed by atoms with van der Waals surface area (Å²) in [6.07, 6.45) is 1.81. The molecule has 0 spiro atoms. The van der Waals surface area contributed by atoms with Crippen molar-refractivity contribution in [2.75, 3.05) is 5.73 Å². The van der Waals surface area contributed by atoms with Gasteiger partial charge in [0.25, 0.3) is 0 Å². The van der Waals surface area contributed by atoms with E-state index in [0.717, 1.165) is 21.8 Å². The highest BCUT2D eigenvalue weighted by molar-refractivity contribution is 7.13. The molecular weight excluding hydrogens is 250 g/mol. The molecular formula is C12H9N3S2. The number of thiazole rings is 2. The molecule has 3 rings (SSSR count). The third-order valence-electron chi connectivity index (χ3n) is 2.36. The van der Waals surface area contributed by atoms with Gasteiger partial charge in [-0.2, -0.15) is 0 Å². The highest BCUT2D eigenvalue weighted by Crippen LogP contribution is 2.28. The summed E-state index contributed by atoms with van der Waals surface area (Å²) in [5, 5.41) is 5.56. The van der Waals surface area contributed by atoms with Crippen molar-refractivity contribution in [1.82, 2.24) is 9.97 Å². The zero-order valence-electron chi connectivity index (χ0n) is 8.83. The van der Waals surface area contributed by atoms with E-state index >= 15 is 0 Å². The number of hydrogen-bond acceptors (Lipinski definition) is 5. The maximum Gasteiger partial charge on any atom is 0.180 e. The number of rotatable bonds is 2. The summed E-state index contributed by atoms with van der Waals surface area (Å²) < 4.78 is 0. The van der Waals surface area contributed by atoms with Crippen LogP contribution in [-0.4, -0.2) is 9.97 Å². The molecule has 3 aromatic rings. The minimum atomic E-state index is 0.597. The largest absolute Gasteiger partial charge is 0.375 e. The van der Waals surface area contributed by atoms with Crippen molar-refractivity contribution >= 4 is 27.8 Å². The quantitative estimate of drug-likeness (QED) is 0.766. The molecule has 0 aliphatic carbocycles. The third-order valence-corrected chi connectivity index (χ3v) is 3.86. The van der Waals surface area contributed by atoms with E-state index in [4.69, 9.17) is 5.73 Å². The fraction of sp³-hybridized carbons (Fsp3) is 0. The van der Waals surface area contributed by atoms with Crippen LogP contribution in [0.3, 0.4) is 0 Å². The fourth-order valence-corrected chi connectivity index (χ4v) is 2.81. The molecule has 17 heavy (non-hydrogen) atoms. The summed E-state index contributed by atoms with van der Waals surface area (Å²) in [4.78, 5) is 8.59. The fourth-order valence-electron chi connectivity index (χ4n) is 1.60. The molecule has 2 aromatic heterocycles. The predicted octanol–water partition coefficient (Wildman–Crippen LogP) is 3.52. The molecule has 3 nitrogen and oxygen atoms in total. The first-order chi connectivity index (χ1) is 8.33. The number of nitrogens with zero attached hydrogens (tertiary/aromatic N) is 2. The monoisotopic (exact) mass is 259 g/mol. The van der Waals surface area contributed by atoms with Crippen LogP contribution < -0.4 is 5.73 Å². The van der Waals surface area contributed by atoms with Gasteiger partial charge in [-0.25, -0.2) is 9.97 Å². The number of anilines is 1. The average molecular weight is 259 g/mol. The Hall–Kier alpha value is -1.72. The number of benzene rings is 1. The van der Waals surface area contributed by atoms with Gasteiger partial charge in [-0.05, 0) is 6.07 Å². The number of nitrogen functional groups attached to an aromatic ring is 1. The van der Waals surface area contributed by atoms with Crippen LogP contribution in [0.5, 0.6) is 0 Å². The Morgan fingerprint density at radius 3 is 2.71 bits per heavy atom. The van der Waals surface area contributed by atoms with Gasteiger partial charge < -0.3 is 5.73 Å². The van der Waals surface area contributed by atoms with Crippen molar-refractivity contribution < 1.29 is 0 Å². The molecule has 2 heterocycles. The van der Waals surface area contributed by atoms with Crippen LogP contribution in [0.15, 0.2) is 41.2 Å². The lowest BCUT2D eigenvalue weighted by Crippen LogP contribution is -1.83. The van der Waals surface area contributed by atoms with E-state index in [2.05, 4.69) is 22.1 Å². The van der Waals surface area contributed by atoms with Crippen LogP contribution >= 0.6 is 22.7 Å². The second-order valence-corrected chi connectivity index (χ2v) is 5.27. The SMILES string of the molecule is Nc1nc(-c2cccc(-c3nccs3)c2)cs1. The molecule has 5 heteroatoms. The second-order valence-electron chi connectivity index (χ2n) is 3.49. The molecule has 0 saturated carbocycles. The van der Waals surface area contributed by atoms with Crippen LogP contribution in [0.2, 0.25) is 0 Å². The van der Waals surface area contributed by atoms with Gasteiger partial charge in [0.1, 0.15) is 5.01 Å². The molecule has 0 atom stereocenters. The summed E-state index contributed by atoms with van der Waals surface area (Å²) >= 11 is 3.09. The normalized spacial score (nSPS) is 10.6. The smallest absolute Gasteiger partial charge is 0.180 e. The van der Waals surface area contributed by atoms with Crippen LogP contribution in [-0.2, 0) is 0 Å². The minimum absolute atomic E-state index is 0.597.